The number of benzene rings is 1. The van der Waals surface area contributed by atoms with Crippen molar-refractivity contribution in [3.8, 4) is 11.5 Å². The Bertz CT molecular complexity index is 533. The van der Waals surface area contributed by atoms with Gasteiger partial charge in [-0.15, -0.1) is 0 Å². The maximum absolute atomic E-state index is 11.9. The van der Waals surface area contributed by atoms with Crippen LogP contribution in [0.2, 0.25) is 0 Å². The number of methoxy groups -OCH3 is 1. The highest BCUT2D eigenvalue weighted by molar-refractivity contribution is 5.91. The van der Waals surface area contributed by atoms with Gasteiger partial charge < -0.3 is 14.8 Å². The van der Waals surface area contributed by atoms with Crippen molar-refractivity contribution >= 4 is 12.0 Å². The molecule has 0 aliphatic heterocycles. The lowest BCUT2D eigenvalue weighted by Gasteiger charge is -2.21. The molecule has 0 aromatic heterocycles. The molecule has 2 rings (SSSR count). The first-order chi connectivity index (χ1) is 11.2. The Morgan fingerprint density at radius 2 is 2.04 bits per heavy atom. The first-order valence-electron chi connectivity index (χ1n) is 8.49. The summed E-state index contributed by atoms with van der Waals surface area (Å²) in [5.41, 5.74) is 0.919. The van der Waals surface area contributed by atoms with Gasteiger partial charge in [-0.1, -0.05) is 25.3 Å². The van der Waals surface area contributed by atoms with Crippen molar-refractivity contribution in [1.29, 1.82) is 0 Å². The van der Waals surface area contributed by atoms with Gasteiger partial charge in [0.05, 0.1) is 13.7 Å². The number of nitrogens with one attached hydrogen (secondary N) is 1. The van der Waals surface area contributed by atoms with Gasteiger partial charge in [0.1, 0.15) is 0 Å². The van der Waals surface area contributed by atoms with Gasteiger partial charge in [-0.25, -0.2) is 0 Å². The van der Waals surface area contributed by atoms with Crippen molar-refractivity contribution in [2.75, 3.05) is 20.3 Å². The van der Waals surface area contributed by atoms with Crippen LogP contribution in [-0.4, -0.2) is 26.2 Å². The number of carbonyl (C=O) groups excluding carboxylic acids is 1. The van der Waals surface area contributed by atoms with Crippen molar-refractivity contribution in [3.63, 3.8) is 0 Å². The van der Waals surface area contributed by atoms with Crippen LogP contribution in [0, 0.1) is 5.92 Å². The molecule has 0 spiro atoms. The van der Waals surface area contributed by atoms with Crippen LogP contribution in [0.3, 0.4) is 0 Å². The van der Waals surface area contributed by atoms with E-state index in [9.17, 15) is 4.79 Å². The number of carbonyl (C=O) groups is 1. The maximum atomic E-state index is 11.9. The molecule has 4 heteroatoms. The predicted molar refractivity (Wildman–Crippen MR) is 92.8 cm³/mol. The van der Waals surface area contributed by atoms with Gasteiger partial charge in [-0.3, -0.25) is 4.79 Å². The van der Waals surface area contributed by atoms with Crippen LogP contribution in [0.25, 0.3) is 6.08 Å². The Hall–Kier alpha value is -1.97. The average Bonchev–Trinajstić information content (AvgIpc) is 2.59. The molecule has 1 aliphatic carbocycles. The fourth-order valence-electron chi connectivity index (χ4n) is 2.93. The lowest BCUT2D eigenvalue weighted by molar-refractivity contribution is -0.116. The molecule has 1 aromatic carbocycles. The lowest BCUT2D eigenvalue weighted by Crippen LogP contribution is -2.28. The third-order valence-corrected chi connectivity index (χ3v) is 4.20. The number of amides is 1. The third kappa shape index (κ3) is 5.62. The fraction of sp³-hybridized carbons (Fsp3) is 0.526. The highest BCUT2D eigenvalue weighted by Gasteiger charge is 2.13. The van der Waals surface area contributed by atoms with Gasteiger partial charge in [-0.05, 0) is 49.5 Å². The van der Waals surface area contributed by atoms with Crippen LogP contribution in [0.5, 0.6) is 11.5 Å². The molecule has 0 atom stereocenters. The van der Waals surface area contributed by atoms with Crippen molar-refractivity contribution in [2.24, 2.45) is 5.92 Å². The molecule has 126 valence electrons. The molecule has 23 heavy (non-hydrogen) atoms. The van der Waals surface area contributed by atoms with Crippen LogP contribution in [0.15, 0.2) is 24.3 Å². The van der Waals surface area contributed by atoms with E-state index in [4.69, 9.17) is 9.47 Å². The Labute approximate surface area is 138 Å². The Morgan fingerprint density at radius 1 is 1.26 bits per heavy atom. The Kier molecular flexibility index (Phi) is 6.98. The molecule has 0 saturated heterocycles. The van der Waals surface area contributed by atoms with Gasteiger partial charge in [-0.2, -0.15) is 0 Å². The molecule has 1 aromatic rings. The van der Waals surface area contributed by atoms with E-state index in [2.05, 4.69) is 5.32 Å². The SMILES string of the molecule is CCOc1cc(/C=C/C(=O)NCC2CCCCC2)ccc1OC. The Morgan fingerprint density at radius 3 is 2.74 bits per heavy atom. The van der Waals surface area contributed by atoms with E-state index >= 15 is 0 Å². The van der Waals surface area contributed by atoms with Gasteiger partial charge in [0.25, 0.3) is 0 Å². The normalized spacial score (nSPS) is 15.6. The second-order valence-electron chi connectivity index (χ2n) is 5.93. The summed E-state index contributed by atoms with van der Waals surface area (Å²) in [6.45, 7) is 3.29. The zero-order valence-corrected chi connectivity index (χ0v) is 14.1. The minimum Gasteiger partial charge on any atom is -0.493 e. The summed E-state index contributed by atoms with van der Waals surface area (Å²) < 4.78 is 10.8. The molecular formula is C19H27NO3. The van der Waals surface area contributed by atoms with Crippen LogP contribution in [0.4, 0.5) is 0 Å². The maximum Gasteiger partial charge on any atom is 0.244 e. The number of hydrogen-bond donors (Lipinski definition) is 1. The van der Waals surface area contributed by atoms with Crippen LogP contribution in [0.1, 0.15) is 44.6 Å². The standard InChI is InChI=1S/C19H27NO3/c1-3-23-18-13-15(9-11-17(18)22-2)10-12-19(21)20-14-16-7-5-4-6-8-16/h9-13,16H,3-8,14H2,1-2H3,(H,20,21)/b12-10+. The predicted octanol–water partition coefficient (Wildman–Crippen LogP) is 3.80. The molecule has 0 heterocycles. The highest BCUT2D eigenvalue weighted by Crippen LogP contribution is 2.28. The van der Waals surface area contributed by atoms with Gasteiger partial charge in [0.2, 0.25) is 5.91 Å². The van der Waals surface area contributed by atoms with Gasteiger partial charge >= 0.3 is 0 Å². The fourth-order valence-corrected chi connectivity index (χ4v) is 2.93. The number of hydrogen-bond acceptors (Lipinski definition) is 3. The molecule has 1 amide bonds. The van der Waals surface area contributed by atoms with Gasteiger partial charge in [0, 0.05) is 12.6 Å². The first kappa shape index (κ1) is 17.4. The monoisotopic (exact) mass is 317 g/mol. The van der Waals surface area contributed by atoms with E-state index in [1.54, 1.807) is 19.3 Å². The second-order valence-corrected chi connectivity index (χ2v) is 5.93. The molecule has 1 aliphatic rings. The molecule has 0 bridgehead atoms. The van der Waals surface area contributed by atoms with E-state index in [1.165, 1.54) is 32.1 Å². The first-order valence-corrected chi connectivity index (χ1v) is 8.49. The Balaban J connectivity index is 1.88. The molecule has 1 fully saturated rings. The van der Waals surface area contributed by atoms with E-state index in [0.717, 1.165) is 12.1 Å². The molecule has 1 N–H and O–H groups in total. The minimum absolute atomic E-state index is 0.0376. The van der Waals surface area contributed by atoms with Crippen molar-refractivity contribution < 1.29 is 14.3 Å². The average molecular weight is 317 g/mol. The van der Waals surface area contributed by atoms with Crippen LogP contribution < -0.4 is 14.8 Å². The van der Waals surface area contributed by atoms with Gasteiger partial charge in [0.15, 0.2) is 11.5 Å². The third-order valence-electron chi connectivity index (χ3n) is 4.20. The summed E-state index contributed by atoms with van der Waals surface area (Å²) in [5.74, 6) is 2.00. The molecule has 0 radical (unpaired) electrons. The zero-order chi connectivity index (χ0) is 16.5. The van der Waals surface area contributed by atoms with Crippen molar-refractivity contribution in [1.82, 2.24) is 5.32 Å². The topological polar surface area (TPSA) is 47.6 Å². The summed E-state index contributed by atoms with van der Waals surface area (Å²) in [5, 5.41) is 3.00. The highest BCUT2D eigenvalue weighted by atomic mass is 16.5. The van der Waals surface area contributed by atoms with Crippen molar-refractivity contribution in [2.45, 2.75) is 39.0 Å². The molecule has 0 unspecified atom stereocenters. The van der Waals surface area contributed by atoms with Crippen LogP contribution in [-0.2, 0) is 4.79 Å². The van der Waals surface area contributed by atoms with Crippen molar-refractivity contribution in [3.05, 3.63) is 29.8 Å². The van der Waals surface area contributed by atoms with E-state index in [0.29, 0.717) is 24.0 Å². The molecule has 4 nitrogen and oxygen atoms in total. The quantitative estimate of drug-likeness (QED) is 0.778. The van der Waals surface area contributed by atoms with E-state index in [-0.39, 0.29) is 5.91 Å². The summed E-state index contributed by atoms with van der Waals surface area (Å²) >= 11 is 0. The summed E-state index contributed by atoms with van der Waals surface area (Å²) in [4.78, 5) is 11.9. The number of ether oxygens (including phenoxy) is 2. The number of rotatable bonds is 7. The van der Waals surface area contributed by atoms with E-state index in [1.807, 2.05) is 25.1 Å². The lowest BCUT2D eigenvalue weighted by atomic mass is 9.89. The van der Waals surface area contributed by atoms with Crippen LogP contribution >= 0.6 is 0 Å². The minimum atomic E-state index is -0.0376. The zero-order valence-electron chi connectivity index (χ0n) is 14.1. The summed E-state index contributed by atoms with van der Waals surface area (Å²) in [6, 6.07) is 5.64. The summed E-state index contributed by atoms with van der Waals surface area (Å²) in [7, 11) is 1.62. The smallest absolute Gasteiger partial charge is 0.244 e. The second kappa shape index (κ2) is 9.23. The largest absolute Gasteiger partial charge is 0.493 e. The van der Waals surface area contributed by atoms with E-state index < -0.39 is 0 Å². The molecular weight excluding hydrogens is 290 g/mol. The molecule has 1 saturated carbocycles. The summed E-state index contributed by atoms with van der Waals surface area (Å²) in [6.07, 6.45) is 9.79.